The van der Waals surface area contributed by atoms with E-state index in [1.54, 1.807) is 13.8 Å². The average molecular weight is 781 g/mol. The number of hydrogen-bond donors (Lipinski definition) is 0. The molecule has 0 atom stereocenters. The molecule has 0 bridgehead atoms. The summed E-state index contributed by atoms with van der Waals surface area (Å²) < 4.78 is 137. The molecule has 0 unspecified atom stereocenters. The van der Waals surface area contributed by atoms with Gasteiger partial charge in [0.25, 0.3) is 0 Å². The molecule has 0 aliphatic rings. The number of ether oxygens (including phenoxy) is 4. The third-order valence-electron chi connectivity index (χ3n) is 9.07. The minimum absolute atomic E-state index is 0.103. The number of alkyl halides is 2. The molecule has 4 nitrogen and oxygen atoms in total. The maximum atomic E-state index is 14.7. The monoisotopic (exact) mass is 780 g/mol. The molecule has 0 fully saturated rings. The van der Waals surface area contributed by atoms with Gasteiger partial charge in [-0.2, -0.15) is 8.78 Å². The Labute approximate surface area is 317 Å². The Morgan fingerprint density at radius 2 is 0.782 bits per heavy atom. The van der Waals surface area contributed by atoms with E-state index in [2.05, 4.69) is 0 Å². The van der Waals surface area contributed by atoms with Crippen molar-refractivity contribution in [2.45, 2.75) is 96.8 Å². The highest BCUT2D eigenvalue weighted by atomic mass is 19.3. The fraction of sp³-hybridized carbons (Fsp3) is 0.442. The van der Waals surface area contributed by atoms with Crippen molar-refractivity contribution in [1.29, 1.82) is 0 Å². The quantitative estimate of drug-likeness (QED) is 0.0524. The summed E-state index contributed by atoms with van der Waals surface area (Å²) in [6.07, 6.45) is 6.15. The van der Waals surface area contributed by atoms with Crippen molar-refractivity contribution in [2.24, 2.45) is 0 Å². The van der Waals surface area contributed by atoms with E-state index in [4.69, 9.17) is 18.9 Å². The van der Waals surface area contributed by atoms with Gasteiger partial charge in [-0.05, 0) is 88.1 Å². The molecule has 4 aromatic carbocycles. The molecular formula is C43H48F8O4. The lowest BCUT2D eigenvalue weighted by Gasteiger charge is -2.16. The van der Waals surface area contributed by atoms with E-state index in [-0.39, 0.29) is 71.3 Å². The van der Waals surface area contributed by atoms with Crippen molar-refractivity contribution in [1.82, 2.24) is 0 Å². The first-order valence-electron chi connectivity index (χ1n) is 18.9. The Morgan fingerprint density at radius 1 is 0.418 bits per heavy atom. The smallest absolute Gasteiger partial charge is 0.248 e. The predicted molar refractivity (Wildman–Crippen MR) is 197 cm³/mol. The molecule has 0 amide bonds. The molecule has 0 aliphatic carbocycles. The Balaban J connectivity index is 1.02. The molecule has 0 aromatic heterocycles. The third-order valence-corrected chi connectivity index (χ3v) is 9.07. The lowest BCUT2D eigenvalue weighted by molar-refractivity contribution is -0.0207. The maximum absolute atomic E-state index is 14.7. The van der Waals surface area contributed by atoms with Gasteiger partial charge in [0.05, 0.1) is 26.4 Å². The zero-order valence-corrected chi connectivity index (χ0v) is 31.2. The average Bonchev–Trinajstić information content (AvgIpc) is 3.15. The van der Waals surface area contributed by atoms with Crippen LogP contribution >= 0.6 is 0 Å². The molecular weight excluding hydrogens is 732 g/mol. The Bertz CT molecular complexity index is 1690. The largest absolute Gasteiger partial charge is 0.493 e. The predicted octanol–water partition coefficient (Wildman–Crippen LogP) is 13.4. The molecule has 0 radical (unpaired) electrons. The summed E-state index contributed by atoms with van der Waals surface area (Å²) in [4.78, 5) is 0. The second-order valence-electron chi connectivity index (χ2n) is 13.2. The molecule has 12 heteroatoms. The minimum Gasteiger partial charge on any atom is -0.493 e. The number of hydrogen-bond acceptors (Lipinski definition) is 4. The van der Waals surface area contributed by atoms with Crippen LogP contribution in [0, 0.1) is 34.9 Å². The molecule has 300 valence electrons. The summed E-state index contributed by atoms with van der Waals surface area (Å²) in [5, 5.41) is 0. The molecule has 0 saturated carbocycles. The van der Waals surface area contributed by atoms with Gasteiger partial charge in [-0.25, -0.2) is 26.3 Å². The van der Waals surface area contributed by atoms with Crippen LogP contribution in [0.4, 0.5) is 35.1 Å². The lowest BCUT2D eigenvalue weighted by Crippen LogP contribution is -2.15. The van der Waals surface area contributed by atoms with Crippen molar-refractivity contribution < 1.29 is 54.1 Å². The van der Waals surface area contributed by atoms with Crippen LogP contribution in [0.1, 0.15) is 90.9 Å². The highest BCUT2D eigenvalue weighted by Gasteiger charge is 2.27. The Morgan fingerprint density at radius 3 is 1.16 bits per heavy atom. The van der Waals surface area contributed by atoms with Crippen LogP contribution in [-0.4, -0.2) is 32.4 Å². The number of unbranched alkanes of at least 4 members (excludes halogenated alkanes) is 8. The van der Waals surface area contributed by atoms with Crippen LogP contribution in [0.25, 0.3) is 22.3 Å². The van der Waals surface area contributed by atoms with Crippen molar-refractivity contribution in [3.05, 3.63) is 95.6 Å². The van der Waals surface area contributed by atoms with E-state index < -0.39 is 40.8 Å². The van der Waals surface area contributed by atoms with E-state index in [1.165, 1.54) is 48.5 Å². The molecule has 55 heavy (non-hydrogen) atoms. The molecule has 0 spiro atoms. The van der Waals surface area contributed by atoms with Crippen LogP contribution in [0.3, 0.4) is 0 Å². The number of rotatable bonds is 24. The summed E-state index contributed by atoms with van der Waals surface area (Å²) in [6.45, 7) is 4.20. The second-order valence-corrected chi connectivity index (χ2v) is 13.2. The highest BCUT2D eigenvalue weighted by Crippen LogP contribution is 2.35. The summed E-state index contributed by atoms with van der Waals surface area (Å²) in [7, 11) is 0. The highest BCUT2D eigenvalue weighted by molar-refractivity contribution is 5.68. The van der Waals surface area contributed by atoms with Gasteiger partial charge in [0, 0.05) is 47.2 Å². The SMILES string of the molecule is CCOc1ccc(-c2ccc(OCCCCCCCC(F)(F)CCCCCCCOc3ccc(-c4ccc(OCC)c(F)c4F)c(F)c3)cc2F)c(F)c1F. The van der Waals surface area contributed by atoms with Gasteiger partial charge in [0.2, 0.25) is 17.6 Å². The van der Waals surface area contributed by atoms with Gasteiger partial charge < -0.3 is 18.9 Å². The van der Waals surface area contributed by atoms with Crippen LogP contribution in [0.15, 0.2) is 60.7 Å². The van der Waals surface area contributed by atoms with E-state index in [9.17, 15) is 35.1 Å². The first-order chi connectivity index (χ1) is 26.5. The fourth-order valence-electron chi connectivity index (χ4n) is 6.16. The van der Waals surface area contributed by atoms with E-state index in [1.807, 2.05) is 0 Å². The normalized spacial score (nSPS) is 11.5. The topological polar surface area (TPSA) is 36.9 Å². The van der Waals surface area contributed by atoms with Crippen molar-refractivity contribution in [3.63, 3.8) is 0 Å². The van der Waals surface area contributed by atoms with Crippen LogP contribution in [-0.2, 0) is 0 Å². The van der Waals surface area contributed by atoms with Crippen molar-refractivity contribution in [2.75, 3.05) is 26.4 Å². The van der Waals surface area contributed by atoms with Gasteiger partial charge in [-0.1, -0.05) is 38.5 Å². The number of halogens is 8. The van der Waals surface area contributed by atoms with Gasteiger partial charge in [-0.3, -0.25) is 0 Å². The second kappa shape index (κ2) is 21.6. The molecule has 0 aliphatic heterocycles. The van der Waals surface area contributed by atoms with E-state index in [0.717, 1.165) is 37.8 Å². The summed E-state index contributed by atoms with van der Waals surface area (Å²) in [5.41, 5.74) is -0.654. The lowest BCUT2D eigenvalue weighted by atomic mass is 10.0. The molecule has 0 heterocycles. The van der Waals surface area contributed by atoms with Gasteiger partial charge in [-0.15, -0.1) is 0 Å². The first-order valence-corrected chi connectivity index (χ1v) is 18.9. The van der Waals surface area contributed by atoms with Gasteiger partial charge in [0.15, 0.2) is 23.1 Å². The third kappa shape index (κ3) is 12.8. The zero-order chi connectivity index (χ0) is 39.8. The van der Waals surface area contributed by atoms with E-state index in [0.29, 0.717) is 51.7 Å². The van der Waals surface area contributed by atoms with Crippen molar-refractivity contribution >= 4 is 0 Å². The zero-order valence-electron chi connectivity index (χ0n) is 31.2. The molecule has 0 N–H and O–H groups in total. The fourth-order valence-corrected chi connectivity index (χ4v) is 6.16. The maximum Gasteiger partial charge on any atom is 0.248 e. The van der Waals surface area contributed by atoms with Crippen molar-refractivity contribution in [3.8, 4) is 45.3 Å². The minimum atomic E-state index is -2.72. The standard InChI is InChI=1S/C43H48F8O4/c1-3-52-37-21-19-33(39(46)41(37)48)31-17-15-29(27-35(31)44)54-25-13-9-5-7-11-23-43(50,51)24-12-8-6-10-14-26-55-30-16-18-32(36(45)28-30)34-20-22-38(53-4-2)42(49)40(34)47/h15-22,27-28H,3-14,23-26H2,1-2H3. The van der Waals surface area contributed by atoms with Crippen LogP contribution in [0.2, 0.25) is 0 Å². The molecule has 4 aromatic rings. The molecule has 0 saturated heterocycles. The first kappa shape index (κ1) is 43.3. The van der Waals surface area contributed by atoms with Gasteiger partial charge >= 0.3 is 0 Å². The Kier molecular flexibility index (Phi) is 17.0. The molecule has 4 rings (SSSR count). The summed E-state index contributed by atoms with van der Waals surface area (Å²) in [6, 6.07) is 12.9. The van der Waals surface area contributed by atoms with Crippen LogP contribution in [0.5, 0.6) is 23.0 Å². The van der Waals surface area contributed by atoms with Gasteiger partial charge in [0.1, 0.15) is 23.1 Å². The number of benzene rings is 4. The Hall–Kier alpha value is -4.48. The summed E-state index contributed by atoms with van der Waals surface area (Å²) >= 11 is 0. The van der Waals surface area contributed by atoms with Crippen LogP contribution < -0.4 is 18.9 Å². The summed E-state index contributed by atoms with van der Waals surface area (Å²) in [5.74, 6) is -8.98. The van der Waals surface area contributed by atoms with E-state index >= 15 is 0 Å².